The fourth-order valence-electron chi connectivity index (χ4n) is 2.60. The van der Waals surface area contributed by atoms with Crippen LogP contribution in [0.4, 0.5) is 8.78 Å². The second kappa shape index (κ2) is 6.10. The van der Waals surface area contributed by atoms with Gasteiger partial charge in [0.25, 0.3) is 0 Å². The molecular weight excluding hydrogens is 282 g/mol. The van der Waals surface area contributed by atoms with Crippen molar-refractivity contribution in [2.75, 3.05) is 0 Å². The van der Waals surface area contributed by atoms with Crippen LogP contribution in [-0.2, 0) is 6.42 Å². The smallest absolute Gasteiger partial charge is 0.166 e. The second-order valence-corrected chi connectivity index (χ2v) is 5.14. The van der Waals surface area contributed by atoms with E-state index in [0.717, 1.165) is 30.2 Å². The Bertz CT molecular complexity index is 779. The van der Waals surface area contributed by atoms with Crippen LogP contribution >= 0.6 is 0 Å². The molecule has 3 aromatic rings. The Morgan fingerprint density at radius 1 is 1.00 bits per heavy atom. The number of aromatic nitrogens is 2. The highest BCUT2D eigenvalue weighted by atomic mass is 19.2. The van der Waals surface area contributed by atoms with Crippen LogP contribution < -0.4 is 0 Å². The number of nitrogens with one attached hydrogen (secondary N) is 1. The van der Waals surface area contributed by atoms with Crippen molar-refractivity contribution >= 4 is 0 Å². The maximum absolute atomic E-state index is 14.3. The van der Waals surface area contributed by atoms with Crippen LogP contribution in [0.2, 0.25) is 0 Å². The summed E-state index contributed by atoms with van der Waals surface area (Å²) in [4.78, 5) is 0. The zero-order chi connectivity index (χ0) is 15.5. The molecule has 0 amide bonds. The molecule has 3 rings (SSSR count). The SMILES string of the molecule is CCCc1[nH]nc(-c2ccccc2)c1-c1cccc(F)c1F. The Balaban J connectivity index is 2.24. The zero-order valence-corrected chi connectivity index (χ0v) is 12.2. The van der Waals surface area contributed by atoms with E-state index in [1.807, 2.05) is 37.3 Å². The highest BCUT2D eigenvalue weighted by Gasteiger charge is 2.20. The summed E-state index contributed by atoms with van der Waals surface area (Å²) in [5, 5.41) is 7.32. The monoisotopic (exact) mass is 298 g/mol. The molecule has 2 nitrogen and oxygen atoms in total. The van der Waals surface area contributed by atoms with E-state index in [1.165, 1.54) is 6.07 Å². The highest BCUT2D eigenvalue weighted by molar-refractivity contribution is 5.82. The Kier molecular flexibility index (Phi) is 4.00. The molecule has 0 radical (unpaired) electrons. The van der Waals surface area contributed by atoms with Crippen molar-refractivity contribution in [3.05, 3.63) is 65.9 Å². The summed E-state index contributed by atoms with van der Waals surface area (Å²) in [7, 11) is 0. The predicted molar refractivity (Wildman–Crippen MR) is 83.4 cm³/mol. The van der Waals surface area contributed by atoms with E-state index >= 15 is 0 Å². The Morgan fingerprint density at radius 3 is 2.50 bits per heavy atom. The number of halogens is 2. The van der Waals surface area contributed by atoms with Crippen LogP contribution in [0, 0.1) is 11.6 Å². The van der Waals surface area contributed by atoms with Crippen LogP contribution in [0.25, 0.3) is 22.4 Å². The molecule has 1 N–H and O–H groups in total. The molecule has 22 heavy (non-hydrogen) atoms. The average molecular weight is 298 g/mol. The molecular formula is C18H16F2N2. The lowest BCUT2D eigenvalue weighted by molar-refractivity contribution is 0.511. The maximum atomic E-state index is 14.3. The van der Waals surface area contributed by atoms with Gasteiger partial charge in [-0.3, -0.25) is 5.10 Å². The standard InChI is InChI=1S/C18H16F2N2/c1-2-7-15-16(13-10-6-11-14(19)17(13)20)18(22-21-15)12-8-4-3-5-9-12/h3-6,8-11H,2,7H2,1H3,(H,21,22). The first kappa shape index (κ1) is 14.4. The van der Waals surface area contributed by atoms with Crippen LogP contribution in [0.1, 0.15) is 19.0 Å². The lowest BCUT2D eigenvalue weighted by atomic mass is 9.97. The minimum atomic E-state index is -0.847. The minimum Gasteiger partial charge on any atom is -0.281 e. The topological polar surface area (TPSA) is 28.7 Å². The van der Waals surface area contributed by atoms with E-state index in [1.54, 1.807) is 6.07 Å². The number of aromatic amines is 1. The number of nitrogens with zero attached hydrogens (tertiary/aromatic N) is 1. The van der Waals surface area contributed by atoms with Crippen molar-refractivity contribution in [2.24, 2.45) is 0 Å². The van der Waals surface area contributed by atoms with Gasteiger partial charge in [-0.2, -0.15) is 5.10 Å². The molecule has 0 aliphatic heterocycles. The summed E-state index contributed by atoms with van der Waals surface area (Å²) in [5.74, 6) is -1.68. The molecule has 0 saturated carbocycles. The van der Waals surface area contributed by atoms with E-state index in [9.17, 15) is 8.78 Å². The van der Waals surface area contributed by atoms with Gasteiger partial charge in [-0.1, -0.05) is 55.8 Å². The van der Waals surface area contributed by atoms with Crippen LogP contribution in [0.15, 0.2) is 48.5 Å². The number of hydrogen-bond acceptors (Lipinski definition) is 1. The first-order chi connectivity index (χ1) is 10.7. The lowest BCUT2D eigenvalue weighted by Crippen LogP contribution is -1.94. The van der Waals surface area contributed by atoms with Gasteiger partial charge in [-0.05, 0) is 12.5 Å². The Hall–Kier alpha value is -2.49. The molecule has 112 valence electrons. The summed E-state index contributed by atoms with van der Waals surface area (Å²) >= 11 is 0. The Morgan fingerprint density at radius 2 is 1.77 bits per heavy atom. The highest BCUT2D eigenvalue weighted by Crippen LogP contribution is 2.35. The van der Waals surface area contributed by atoms with Crippen molar-refractivity contribution in [3.63, 3.8) is 0 Å². The van der Waals surface area contributed by atoms with Gasteiger partial charge in [0, 0.05) is 22.4 Å². The number of aryl methyl sites for hydroxylation is 1. The van der Waals surface area contributed by atoms with Gasteiger partial charge in [0.15, 0.2) is 11.6 Å². The molecule has 4 heteroatoms. The fraction of sp³-hybridized carbons (Fsp3) is 0.167. The Labute approximate surface area is 127 Å². The third-order valence-corrected chi connectivity index (χ3v) is 3.61. The number of rotatable bonds is 4. The number of H-pyrrole nitrogens is 1. The largest absolute Gasteiger partial charge is 0.281 e. The fourth-order valence-corrected chi connectivity index (χ4v) is 2.60. The van der Waals surface area contributed by atoms with Crippen molar-refractivity contribution < 1.29 is 8.78 Å². The van der Waals surface area contributed by atoms with Gasteiger partial charge in [-0.15, -0.1) is 0 Å². The third-order valence-electron chi connectivity index (χ3n) is 3.61. The summed E-state index contributed by atoms with van der Waals surface area (Å²) in [6.45, 7) is 2.04. The van der Waals surface area contributed by atoms with Crippen LogP contribution in [-0.4, -0.2) is 10.2 Å². The van der Waals surface area contributed by atoms with Gasteiger partial charge < -0.3 is 0 Å². The molecule has 0 spiro atoms. The van der Waals surface area contributed by atoms with Crippen molar-refractivity contribution in [1.82, 2.24) is 10.2 Å². The van der Waals surface area contributed by atoms with Crippen molar-refractivity contribution in [2.45, 2.75) is 19.8 Å². The van der Waals surface area contributed by atoms with Gasteiger partial charge in [-0.25, -0.2) is 8.78 Å². The maximum Gasteiger partial charge on any atom is 0.166 e. The zero-order valence-electron chi connectivity index (χ0n) is 12.2. The summed E-state index contributed by atoms with van der Waals surface area (Å²) in [6.07, 6.45) is 1.62. The summed E-state index contributed by atoms with van der Waals surface area (Å²) < 4.78 is 27.9. The quantitative estimate of drug-likeness (QED) is 0.723. The normalized spacial score (nSPS) is 10.9. The molecule has 2 aromatic carbocycles. The van der Waals surface area contributed by atoms with E-state index in [0.29, 0.717) is 11.3 Å². The molecule has 0 aliphatic rings. The van der Waals surface area contributed by atoms with Crippen molar-refractivity contribution in [3.8, 4) is 22.4 Å². The molecule has 1 heterocycles. The third kappa shape index (κ3) is 2.52. The number of hydrogen-bond donors (Lipinski definition) is 1. The van der Waals surface area contributed by atoms with E-state index in [4.69, 9.17) is 0 Å². The molecule has 0 aliphatic carbocycles. The second-order valence-electron chi connectivity index (χ2n) is 5.14. The molecule has 0 atom stereocenters. The summed E-state index contributed by atoms with van der Waals surface area (Å²) in [6, 6.07) is 13.8. The van der Waals surface area contributed by atoms with Gasteiger partial charge in [0.2, 0.25) is 0 Å². The van der Waals surface area contributed by atoms with Gasteiger partial charge >= 0.3 is 0 Å². The minimum absolute atomic E-state index is 0.246. The lowest BCUT2D eigenvalue weighted by Gasteiger charge is -2.08. The van der Waals surface area contributed by atoms with E-state index in [2.05, 4.69) is 10.2 Å². The molecule has 0 bridgehead atoms. The average Bonchev–Trinajstić information content (AvgIpc) is 2.95. The first-order valence-electron chi connectivity index (χ1n) is 7.29. The molecule has 0 saturated heterocycles. The van der Waals surface area contributed by atoms with Gasteiger partial charge in [0.1, 0.15) is 5.69 Å². The first-order valence-corrected chi connectivity index (χ1v) is 7.29. The number of benzene rings is 2. The molecule has 0 fully saturated rings. The summed E-state index contributed by atoms with van der Waals surface area (Å²) in [5.41, 5.74) is 3.24. The van der Waals surface area contributed by atoms with Gasteiger partial charge in [0.05, 0.1) is 0 Å². The van der Waals surface area contributed by atoms with E-state index in [-0.39, 0.29) is 5.56 Å². The molecule has 1 aromatic heterocycles. The predicted octanol–water partition coefficient (Wildman–Crippen LogP) is 4.97. The van der Waals surface area contributed by atoms with Crippen LogP contribution in [0.3, 0.4) is 0 Å². The van der Waals surface area contributed by atoms with E-state index < -0.39 is 11.6 Å². The molecule has 0 unspecified atom stereocenters. The van der Waals surface area contributed by atoms with Crippen molar-refractivity contribution in [1.29, 1.82) is 0 Å². The van der Waals surface area contributed by atoms with Crippen LogP contribution in [0.5, 0.6) is 0 Å².